The van der Waals surface area contributed by atoms with E-state index in [0.717, 1.165) is 48.6 Å². The van der Waals surface area contributed by atoms with Crippen LogP contribution in [0.2, 0.25) is 0 Å². The first-order chi connectivity index (χ1) is 18.5. The molecule has 2 aliphatic heterocycles. The predicted molar refractivity (Wildman–Crippen MR) is 149 cm³/mol. The molecule has 0 saturated carbocycles. The molecule has 6 nitrogen and oxygen atoms in total. The van der Waals surface area contributed by atoms with Crippen molar-refractivity contribution in [1.82, 2.24) is 0 Å². The summed E-state index contributed by atoms with van der Waals surface area (Å²) in [6.45, 7) is 3.92. The minimum atomic E-state index is -1.40. The topological polar surface area (TPSA) is 71.0 Å². The lowest BCUT2D eigenvalue weighted by molar-refractivity contribution is 0.0239. The Kier molecular flexibility index (Phi) is 5.95. The monoisotopic (exact) mass is 506 g/mol. The largest absolute Gasteiger partial charge is 0.507 e. The molecular weight excluding hydrogens is 476 g/mol. The Morgan fingerprint density at radius 3 is 2.37 bits per heavy atom. The molecule has 4 aromatic carbocycles. The Morgan fingerprint density at radius 2 is 1.63 bits per heavy atom. The summed E-state index contributed by atoms with van der Waals surface area (Å²) < 4.78 is 12.2. The zero-order chi connectivity index (χ0) is 26.3. The molecule has 0 aromatic heterocycles. The van der Waals surface area contributed by atoms with Crippen LogP contribution in [0.15, 0.2) is 84.9 Å². The molecular formula is C32H30N2O4. The Balaban J connectivity index is 1.58. The van der Waals surface area contributed by atoms with Crippen LogP contribution in [0.4, 0.5) is 17.1 Å². The average molecular weight is 507 g/mol. The van der Waals surface area contributed by atoms with E-state index in [1.165, 1.54) is 0 Å². The smallest absolute Gasteiger partial charge is 0.340 e. The number of anilines is 3. The summed E-state index contributed by atoms with van der Waals surface area (Å²) in [7, 11) is 1.61. The number of phenols is 1. The number of nitrogens with zero attached hydrogens (tertiary/aromatic N) is 1. The third-order valence-corrected chi connectivity index (χ3v) is 7.58. The highest BCUT2D eigenvalue weighted by atomic mass is 16.6. The molecule has 6 rings (SSSR count). The van der Waals surface area contributed by atoms with E-state index in [9.17, 15) is 9.90 Å². The van der Waals surface area contributed by atoms with Gasteiger partial charge in [0.15, 0.2) is 5.60 Å². The van der Waals surface area contributed by atoms with Crippen molar-refractivity contribution in [2.75, 3.05) is 30.4 Å². The molecule has 0 amide bonds. The number of hydrogen-bond acceptors (Lipinski definition) is 6. The van der Waals surface area contributed by atoms with Gasteiger partial charge in [0.2, 0.25) is 0 Å². The molecule has 4 aromatic rings. The summed E-state index contributed by atoms with van der Waals surface area (Å²) in [5.41, 5.74) is 4.57. The summed E-state index contributed by atoms with van der Waals surface area (Å²) >= 11 is 0. The molecule has 0 aliphatic carbocycles. The highest BCUT2D eigenvalue weighted by molar-refractivity contribution is 5.97. The van der Waals surface area contributed by atoms with Crippen molar-refractivity contribution in [2.45, 2.75) is 25.4 Å². The summed E-state index contributed by atoms with van der Waals surface area (Å²) in [6.07, 6.45) is 2.27. The fourth-order valence-electron chi connectivity index (χ4n) is 5.69. The van der Waals surface area contributed by atoms with Crippen LogP contribution in [0.5, 0.6) is 11.5 Å². The maximum absolute atomic E-state index is 13.3. The molecule has 2 N–H and O–H groups in total. The van der Waals surface area contributed by atoms with Gasteiger partial charge in [0, 0.05) is 52.9 Å². The maximum Gasteiger partial charge on any atom is 0.340 e. The third kappa shape index (κ3) is 3.84. The quantitative estimate of drug-likeness (QED) is 0.290. The fourth-order valence-corrected chi connectivity index (χ4v) is 5.69. The minimum Gasteiger partial charge on any atom is -0.507 e. The Labute approximate surface area is 222 Å². The summed E-state index contributed by atoms with van der Waals surface area (Å²) in [4.78, 5) is 15.6. The van der Waals surface area contributed by atoms with Crippen molar-refractivity contribution in [1.29, 1.82) is 0 Å². The van der Waals surface area contributed by atoms with Crippen LogP contribution in [0.3, 0.4) is 0 Å². The number of nitrogens with one attached hydrogen (secondary N) is 1. The van der Waals surface area contributed by atoms with Crippen LogP contribution >= 0.6 is 0 Å². The lowest BCUT2D eigenvalue weighted by Crippen LogP contribution is -2.30. The summed E-state index contributed by atoms with van der Waals surface area (Å²) in [5.74, 6) is 0.191. The molecule has 2 aliphatic rings. The highest BCUT2D eigenvalue weighted by Gasteiger charge is 2.51. The number of hydrogen-bond donors (Lipinski definition) is 2. The van der Waals surface area contributed by atoms with E-state index in [4.69, 9.17) is 9.47 Å². The first-order valence-corrected chi connectivity index (χ1v) is 12.9. The second-order valence-corrected chi connectivity index (χ2v) is 9.87. The molecule has 2 heterocycles. The second-order valence-electron chi connectivity index (χ2n) is 9.87. The standard InChI is InChI=1S/C32H30N2O4/c1-21-18-30(37-2)27(20-28(21)33-22-10-4-3-5-11-22)32(25-13-7-6-12-24(25)31(36)38-32)26-15-14-23(19-29(26)35)34-16-8-9-17-34/h3-7,10-15,18-20,33,35H,8-9,16-17H2,1-2H3. The number of ether oxygens (including phenoxy) is 2. The predicted octanol–water partition coefficient (Wildman–Crippen LogP) is 6.52. The minimum absolute atomic E-state index is 0.0686. The van der Waals surface area contributed by atoms with Crippen LogP contribution in [0.25, 0.3) is 0 Å². The van der Waals surface area contributed by atoms with Crippen molar-refractivity contribution < 1.29 is 19.4 Å². The number of esters is 1. The van der Waals surface area contributed by atoms with Gasteiger partial charge in [-0.2, -0.15) is 0 Å². The third-order valence-electron chi connectivity index (χ3n) is 7.58. The van der Waals surface area contributed by atoms with Gasteiger partial charge in [0.25, 0.3) is 0 Å². The molecule has 0 spiro atoms. The number of cyclic esters (lactones) is 1. The van der Waals surface area contributed by atoms with Crippen molar-refractivity contribution in [3.63, 3.8) is 0 Å². The van der Waals surface area contributed by atoms with Crippen LogP contribution in [0.1, 0.15) is 45.5 Å². The SMILES string of the molecule is COc1cc(C)c(Nc2ccccc2)cc1C1(c2ccc(N3CCCC3)cc2O)OC(=O)c2ccccc21. The molecule has 1 fully saturated rings. The molecule has 0 bridgehead atoms. The van der Waals surface area contributed by atoms with Gasteiger partial charge in [0.1, 0.15) is 11.5 Å². The number of fused-ring (bicyclic) bond motifs is 1. The number of aryl methyl sites for hydroxylation is 1. The second kappa shape index (κ2) is 9.45. The number of phenolic OH excluding ortho intramolecular Hbond substituents is 1. The molecule has 192 valence electrons. The van der Waals surface area contributed by atoms with Crippen LogP contribution in [-0.2, 0) is 10.3 Å². The first-order valence-electron chi connectivity index (χ1n) is 12.9. The zero-order valence-corrected chi connectivity index (χ0v) is 21.5. The normalized spacial score (nSPS) is 18.3. The highest BCUT2D eigenvalue weighted by Crippen LogP contribution is 2.53. The lowest BCUT2D eigenvalue weighted by Gasteiger charge is -2.33. The van der Waals surface area contributed by atoms with Crippen LogP contribution in [-0.4, -0.2) is 31.3 Å². The van der Waals surface area contributed by atoms with E-state index < -0.39 is 11.6 Å². The van der Waals surface area contributed by atoms with E-state index in [-0.39, 0.29) is 5.75 Å². The Morgan fingerprint density at radius 1 is 0.895 bits per heavy atom. The van der Waals surface area contributed by atoms with Gasteiger partial charge in [-0.1, -0.05) is 36.4 Å². The van der Waals surface area contributed by atoms with E-state index >= 15 is 0 Å². The molecule has 1 unspecified atom stereocenters. The van der Waals surface area contributed by atoms with E-state index in [2.05, 4.69) is 10.2 Å². The summed E-state index contributed by atoms with van der Waals surface area (Å²) in [5, 5.41) is 15.0. The van der Waals surface area contributed by atoms with E-state index in [1.54, 1.807) is 19.2 Å². The van der Waals surface area contributed by atoms with Crippen molar-refractivity contribution >= 4 is 23.0 Å². The number of benzene rings is 4. The zero-order valence-electron chi connectivity index (χ0n) is 21.5. The van der Waals surface area contributed by atoms with Gasteiger partial charge in [0.05, 0.1) is 12.7 Å². The molecule has 38 heavy (non-hydrogen) atoms. The number of carbonyl (C=O) groups excluding carboxylic acids is 1. The van der Waals surface area contributed by atoms with Gasteiger partial charge >= 0.3 is 5.97 Å². The molecule has 0 radical (unpaired) electrons. The van der Waals surface area contributed by atoms with Crippen molar-refractivity contribution in [3.05, 3.63) is 113 Å². The summed E-state index contributed by atoms with van der Waals surface area (Å²) in [6, 6.07) is 26.8. The molecule has 6 heteroatoms. The number of carbonyl (C=O) groups is 1. The van der Waals surface area contributed by atoms with Crippen molar-refractivity contribution in [3.8, 4) is 11.5 Å². The van der Waals surface area contributed by atoms with Crippen molar-refractivity contribution in [2.24, 2.45) is 0 Å². The van der Waals surface area contributed by atoms with Gasteiger partial charge in [-0.15, -0.1) is 0 Å². The molecule has 1 atom stereocenters. The molecule has 1 saturated heterocycles. The van der Waals surface area contributed by atoms with Gasteiger partial charge in [-0.05, 0) is 67.8 Å². The van der Waals surface area contributed by atoms with E-state index in [1.807, 2.05) is 79.7 Å². The van der Waals surface area contributed by atoms with Gasteiger partial charge in [-0.3, -0.25) is 0 Å². The van der Waals surface area contributed by atoms with Gasteiger partial charge in [-0.25, -0.2) is 4.79 Å². The fraction of sp³-hybridized carbons (Fsp3) is 0.219. The lowest BCUT2D eigenvalue weighted by atomic mass is 9.78. The van der Waals surface area contributed by atoms with Crippen LogP contribution < -0.4 is 15.0 Å². The Hall–Kier alpha value is -4.45. The number of aromatic hydroxyl groups is 1. The average Bonchev–Trinajstić information content (AvgIpc) is 3.58. The first kappa shape index (κ1) is 23.9. The van der Waals surface area contributed by atoms with Gasteiger partial charge < -0.3 is 24.8 Å². The number of methoxy groups -OCH3 is 1. The number of rotatable bonds is 6. The maximum atomic E-state index is 13.3. The Bertz CT molecular complexity index is 1510. The van der Waals surface area contributed by atoms with Crippen LogP contribution in [0, 0.1) is 6.92 Å². The number of para-hydroxylation sites is 1. The van der Waals surface area contributed by atoms with E-state index in [0.29, 0.717) is 28.0 Å².